The van der Waals surface area contributed by atoms with Crippen molar-refractivity contribution < 1.29 is 19.1 Å². The van der Waals surface area contributed by atoms with Crippen molar-refractivity contribution >= 4 is 40.0 Å². The monoisotopic (exact) mass is 489 g/mol. The van der Waals surface area contributed by atoms with Crippen LogP contribution in [0.1, 0.15) is 42.0 Å². The fraction of sp³-hybridized carbons (Fsp3) is 0.400. The van der Waals surface area contributed by atoms with Crippen LogP contribution in [0.2, 0.25) is 0 Å². The molecule has 3 heterocycles. The lowest BCUT2D eigenvalue weighted by atomic mass is 10.2. The molecule has 174 valence electrons. The van der Waals surface area contributed by atoms with Crippen LogP contribution < -0.4 is 20.1 Å². The molecule has 0 bridgehead atoms. The molecular weight excluding hydrogens is 466 g/mol. The number of ether oxygens (including phenoxy) is 2. The van der Waals surface area contributed by atoms with Crippen LogP contribution in [-0.2, 0) is 24.3 Å². The topological polar surface area (TPSA) is 133 Å². The van der Waals surface area contributed by atoms with Gasteiger partial charge >= 0.3 is 0 Å². The molecule has 3 aromatic rings. The summed E-state index contributed by atoms with van der Waals surface area (Å²) < 4.78 is 12.5. The largest absolute Gasteiger partial charge is 0.454 e. The van der Waals surface area contributed by atoms with Gasteiger partial charge in [0.25, 0.3) is 5.91 Å². The van der Waals surface area contributed by atoms with Gasteiger partial charge < -0.3 is 19.4 Å². The summed E-state index contributed by atoms with van der Waals surface area (Å²) in [6.07, 6.45) is 0.769. The molecule has 2 amide bonds. The number of aromatic nitrogens is 5. The zero-order chi connectivity index (χ0) is 23.4. The summed E-state index contributed by atoms with van der Waals surface area (Å²) in [6.45, 7) is 6.66. The van der Waals surface area contributed by atoms with Gasteiger partial charge in [0.1, 0.15) is 5.01 Å². The number of amides is 2. The van der Waals surface area contributed by atoms with Gasteiger partial charge in [0, 0.05) is 12.1 Å². The Hall–Kier alpha value is -3.19. The van der Waals surface area contributed by atoms with E-state index in [9.17, 15) is 9.59 Å². The van der Waals surface area contributed by atoms with E-state index in [0.717, 1.165) is 11.4 Å². The molecule has 4 rings (SSSR count). The zero-order valence-corrected chi connectivity index (χ0v) is 20.0. The summed E-state index contributed by atoms with van der Waals surface area (Å²) in [7, 11) is 0. The minimum atomic E-state index is -0.426. The maximum Gasteiger partial charge on any atom is 0.251 e. The van der Waals surface area contributed by atoms with Crippen molar-refractivity contribution in [2.75, 3.05) is 12.1 Å². The van der Waals surface area contributed by atoms with Crippen LogP contribution in [0.3, 0.4) is 0 Å². The van der Waals surface area contributed by atoms with Crippen LogP contribution in [0.4, 0.5) is 5.13 Å². The lowest BCUT2D eigenvalue weighted by Gasteiger charge is -2.12. The number of carbonyl (C=O) groups is 2. The second-order valence-corrected chi connectivity index (χ2v) is 9.37. The van der Waals surface area contributed by atoms with Gasteiger partial charge in [-0.2, -0.15) is 0 Å². The first-order valence-corrected chi connectivity index (χ1v) is 12.1. The van der Waals surface area contributed by atoms with Crippen LogP contribution in [-0.4, -0.2) is 48.8 Å². The number of nitrogens with zero attached hydrogens (tertiary/aromatic N) is 5. The molecule has 0 unspecified atom stereocenters. The molecule has 0 fully saturated rings. The van der Waals surface area contributed by atoms with E-state index in [1.807, 2.05) is 18.4 Å². The van der Waals surface area contributed by atoms with Gasteiger partial charge in [-0.15, -0.1) is 20.4 Å². The first kappa shape index (κ1) is 23.0. The second kappa shape index (κ2) is 10.2. The number of fused-ring (bicyclic) bond motifs is 1. The fourth-order valence-corrected chi connectivity index (χ4v) is 4.63. The van der Waals surface area contributed by atoms with Crippen molar-refractivity contribution in [1.82, 2.24) is 30.3 Å². The molecule has 33 heavy (non-hydrogen) atoms. The number of aryl methyl sites for hydroxylation is 1. The molecule has 0 radical (unpaired) electrons. The molecule has 2 aromatic heterocycles. The van der Waals surface area contributed by atoms with Gasteiger partial charge in [-0.3, -0.25) is 14.9 Å². The highest BCUT2D eigenvalue weighted by Gasteiger charge is 2.22. The molecule has 0 saturated carbocycles. The first-order chi connectivity index (χ1) is 16.0. The number of nitrogens with one attached hydrogen (secondary N) is 2. The van der Waals surface area contributed by atoms with Gasteiger partial charge in [0.05, 0.1) is 11.8 Å². The Morgan fingerprint density at radius 3 is 2.76 bits per heavy atom. The average molecular weight is 490 g/mol. The predicted octanol–water partition coefficient (Wildman–Crippen LogP) is 2.49. The Labute approximate surface area is 198 Å². The number of carbonyl (C=O) groups excluding carboxylic acids is 2. The molecule has 1 aliphatic heterocycles. The van der Waals surface area contributed by atoms with Gasteiger partial charge in [-0.1, -0.05) is 30.0 Å². The van der Waals surface area contributed by atoms with Crippen molar-refractivity contribution in [3.05, 3.63) is 34.6 Å². The third-order valence-electron chi connectivity index (χ3n) is 4.80. The zero-order valence-electron chi connectivity index (χ0n) is 18.3. The van der Waals surface area contributed by atoms with Gasteiger partial charge in [0.15, 0.2) is 22.5 Å². The van der Waals surface area contributed by atoms with Crippen molar-refractivity contribution in [2.24, 2.45) is 0 Å². The number of hydrogen-bond acceptors (Lipinski definition) is 10. The number of benzene rings is 1. The van der Waals surface area contributed by atoms with Gasteiger partial charge in [0.2, 0.25) is 17.8 Å². The van der Waals surface area contributed by atoms with E-state index >= 15 is 0 Å². The molecule has 1 aliphatic rings. The number of hydrogen-bond donors (Lipinski definition) is 2. The molecule has 2 N–H and O–H groups in total. The molecule has 11 nitrogen and oxygen atoms in total. The maximum atomic E-state index is 12.6. The van der Waals surface area contributed by atoms with Crippen molar-refractivity contribution in [3.8, 4) is 11.5 Å². The Bertz CT molecular complexity index is 1160. The first-order valence-electron chi connectivity index (χ1n) is 10.4. The summed E-state index contributed by atoms with van der Waals surface area (Å²) in [6, 6.07) is 5.03. The van der Waals surface area contributed by atoms with Crippen molar-refractivity contribution in [2.45, 2.75) is 50.7 Å². The van der Waals surface area contributed by atoms with Crippen LogP contribution >= 0.6 is 23.1 Å². The van der Waals surface area contributed by atoms with E-state index in [2.05, 4.69) is 31.0 Å². The second-order valence-electron chi connectivity index (χ2n) is 7.00. The smallest absolute Gasteiger partial charge is 0.251 e. The highest BCUT2D eigenvalue weighted by molar-refractivity contribution is 8.00. The van der Waals surface area contributed by atoms with Crippen LogP contribution in [0.25, 0.3) is 0 Å². The van der Waals surface area contributed by atoms with Gasteiger partial charge in [-0.25, -0.2) is 0 Å². The maximum absolute atomic E-state index is 12.6. The Balaban J connectivity index is 1.36. The summed E-state index contributed by atoms with van der Waals surface area (Å²) in [5.41, 5.74) is 0.463. The van der Waals surface area contributed by atoms with Gasteiger partial charge in [-0.05, 0) is 38.5 Å². The minimum Gasteiger partial charge on any atom is -0.454 e. The lowest BCUT2D eigenvalue weighted by Crippen LogP contribution is -2.25. The third kappa shape index (κ3) is 5.25. The normalized spacial score (nSPS) is 13.1. The SMILES string of the molecule is CCc1nnc(NC(=O)[C@H](C)Sc2nnc(CNC(=O)c3ccc4c(c3)OCO4)n2CC)s1. The third-order valence-corrected chi connectivity index (χ3v) is 6.87. The van der Waals surface area contributed by atoms with E-state index in [-0.39, 0.29) is 25.2 Å². The van der Waals surface area contributed by atoms with Crippen molar-refractivity contribution in [1.29, 1.82) is 0 Å². The lowest BCUT2D eigenvalue weighted by molar-refractivity contribution is -0.115. The molecule has 1 aromatic carbocycles. The van der Waals surface area contributed by atoms with Crippen LogP contribution in [0.15, 0.2) is 23.4 Å². The number of anilines is 1. The van der Waals surface area contributed by atoms with Crippen LogP contribution in [0.5, 0.6) is 11.5 Å². The molecule has 1 atom stereocenters. The minimum absolute atomic E-state index is 0.150. The van der Waals surface area contributed by atoms with E-state index in [1.165, 1.54) is 23.1 Å². The summed E-state index contributed by atoms with van der Waals surface area (Å²) in [4.78, 5) is 25.1. The molecule has 0 spiro atoms. The molecule has 0 aliphatic carbocycles. The van der Waals surface area contributed by atoms with E-state index in [1.54, 1.807) is 25.1 Å². The van der Waals surface area contributed by atoms with E-state index in [4.69, 9.17) is 9.47 Å². The summed E-state index contributed by atoms with van der Waals surface area (Å²) >= 11 is 2.65. The Kier molecular flexibility index (Phi) is 7.08. The Morgan fingerprint density at radius 2 is 2.00 bits per heavy atom. The Morgan fingerprint density at radius 1 is 1.18 bits per heavy atom. The van der Waals surface area contributed by atoms with Crippen molar-refractivity contribution in [3.63, 3.8) is 0 Å². The average Bonchev–Trinajstić information content (AvgIpc) is 3.56. The highest BCUT2D eigenvalue weighted by Crippen LogP contribution is 2.32. The molecule has 13 heteroatoms. The van der Waals surface area contributed by atoms with E-state index < -0.39 is 5.25 Å². The molecule has 0 saturated heterocycles. The number of rotatable bonds is 9. The number of thioether (sulfide) groups is 1. The van der Waals surface area contributed by atoms with E-state index in [0.29, 0.717) is 39.7 Å². The standard InChI is InChI=1S/C20H23N7O4S2/c1-4-16-24-25-19(33-16)22-17(28)11(3)32-20-26-23-15(27(20)5-2)9-21-18(29)12-6-7-13-14(8-12)31-10-30-13/h6-8,11H,4-5,9-10H2,1-3H3,(H,21,29)(H,22,25,28)/t11-/m0/s1. The molecular formula is C20H23N7O4S2. The fourth-order valence-electron chi connectivity index (χ4n) is 3.02. The van der Waals surface area contributed by atoms with Crippen LogP contribution in [0, 0.1) is 0 Å². The summed E-state index contributed by atoms with van der Waals surface area (Å²) in [5.74, 6) is 1.31. The predicted molar refractivity (Wildman–Crippen MR) is 123 cm³/mol. The summed E-state index contributed by atoms with van der Waals surface area (Å²) in [5, 5.41) is 23.6. The highest BCUT2D eigenvalue weighted by atomic mass is 32.2. The quantitative estimate of drug-likeness (QED) is 0.435.